The van der Waals surface area contributed by atoms with Crippen molar-refractivity contribution in [1.29, 1.82) is 0 Å². The topological polar surface area (TPSA) is 26.3 Å². The van der Waals surface area contributed by atoms with E-state index in [1.165, 1.54) is 0 Å². The van der Waals surface area contributed by atoms with Gasteiger partial charge in [-0.3, -0.25) is 0 Å². The van der Waals surface area contributed by atoms with Gasteiger partial charge in [0.2, 0.25) is 0 Å². The average molecular weight is 300 g/mol. The minimum atomic E-state index is -2.03. The summed E-state index contributed by atoms with van der Waals surface area (Å²) in [7, 11) is 0. The Morgan fingerprint density at radius 3 is 2.29 bits per heavy atom. The van der Waals surface area contributed by atoms with E-state index in [0.717, 1.165) is 18.4 Å². The van der Waals surface area contributed by atoms with Crippen molar-refractivity contribution >= 4 is 40.8 Å². The molecule has 0 fully saturated rings. The average Bonchev–Trinajstić information content (AvgIpc) is 2.14. The second-order valence-corrected chi connectivity index (χ2v) is 6.64. The molecule has 0 aliphatic rings. The van der Waals surface area contributed by atoms with Crippen molar-refractivity contribution in [1.82, 2.24) is 0 Å². The molecule has 0 bridgehead atoms. The molecule has 0 aliphatic carbocycles. The van der Waals surface area contributed by atoms with E-state index in [-0.39, 0.29) is 0 Å². The van der Waals surface area contributed by atoms with Crippen molar-refractivity contribution in [3.05, 3.63) is 24.8 Å². The summed E-state index contributed by atoms with van der Waals surface area (Å²) < 4.78 is 3.10. The second kappa shape index (κ2) is 6.67. The minimum absolute atomic E-state index is 0.659. The van der Waals surface area contributed by atoms with Crippen molar-refractivity contribution in [2.45, 2.75) is 42.5 Å². The molecule has 0 radical (unpaired) electrons. The summed E-state index contributed by atoms with van der Waals surface area (Å²) in [6.07, 6.45) is 4.00. The van der Waals surface area contributed by atoms with Crippen LogP contribution in [0.2, 0.25) is 0 Å². The van der Waals surface area contributed by atoms with Gasteiger partial charge in [0, 0.05) is 0 Å². The van der Waals surface area contributed by atoms with E-state index in [1.807, 2.05) is 0 Å². The summed E-state index contributed by atoms with van der Waals surface area (Å²) in [5.41, 5.74) is 0.288. The molecule has 0 aromatic rings. The maximum Gasteiger partial charge on any atom is 0.359 e. The number of esters is 1. The summed E-state index contributed by atoms with van der Waals surface area (Å²) in [5.74, 6) is -0.852. The molecule has 17 heavy (non-hydrogen) atoms. The highest BCUT2D eigenvalue weighted by Crippen LogP contribution is 2.31. The third kappa shape index (κ3) is 7.69. The lowest BCUT2D eigenvalue weighted by Crippen LogP contribution is -2.34. The van der Waals surface area contributed by atoms with E-state index in [1.54, 1.807) is 19.9 Å². The normalized spacial score (nSPS) is 12.1. The van der Waals surface area contributed by atoms with Gasteiger partial charge >= 0.3 is 5.97 Å². The van der Waals surface area contributed by atoms with Crippen LogP contribution in [0, 0.1) is 0 Å². The molecule has 0 rings (SSSR count). The van der Waals surface area contributed by atoms with E-state index < -0.39 is 15.4 Å². The van der Waals surface area contributed by atoms with Gasteiger partial charge in [0.05, 0.1) is 0 Å². The van der Waals surface area contributed by atoms with E-state index in [4.69, 9.17) is 39.5 Å². The molecule has 0 atom stereocenters. The van der Waals surface area contributed by atoms with Crippen LogP contribution in [0.3, 0.4) is 0 Å². The molecular weight excluding hydrogens is 282 g/mol. The predicted octanol–water partition coefficient (Wildman–Crippen LogP) is 4.59. The molecule has 2 nitrogen and oxygen atoms in total. The van der Waals surface area contributed by atoms with Crippen LogP contribution in [0.5, 0.6) is 0 Å². The molecule has 0 saturated carbocycles. The summed E-state index contributed by atoms with van der Waals surface area (Å²) in [4.78, 5) is 11.4. The smallest absolute Gasteiger partial charge is 0.359 e. The predicted molar refractivity (Wildman–Crippen MR) is 73.6 cm³/mol. The SMILES string of the molecule is C=CC(=C)CCCC(C)(C)OC(=O)C(Cl)(Cl)Cl. The molecule has 0 amide bonds. The van der Waals surface area contributed by atoms with Crippen LogP contribution in [-0.4, -0.2) is 15.4 Å². The van der Waals surface area contributed by atoms with Crippen molar-refractivity contribution in [2.24, 2.45) is 0 Å². The zero-order valence-corrected chi connectivity index (χ0v) is 12.3. The lowest BCUT2D eigenvalue weighted by atomic mass is 9.99. The first kappa shape index (κ1) is 16.8. The van der Waals surface area contributed by atoms with Crippen LogP contribution in [0.4, 0.5) is 0 Å². The number of ether oxygens (including phenoxy) is 1. The van der Waals surface area contributed by atoms with Crippen LogP contribution < -0.4 is 0 Å². The van der Waals surface area contributed by atoms with Crippen LogP contribution in [0.1, 0.15) is 33.1 Å². The van der Waals surface area contributed by atoms with Crippen LogP contribution >= 0.6 is 34.8 Å². The quantitative estimate of drug-likeness (QED) is 0.407. The first-order valence-electron chi connectivity index (χ1n) is 5.19. The number of hydrogen-bond acceptors (Lipinski definition) is 2. The van der Waals surface area contributed by atoms with Gasteiger partial charge in [0.1, 0.15) is 5.60 Å². The maximum atomic E-state index is 11.4. The lowest BCUT2D eigenvalue weighted by molar-refractivity contribution is -0.155. The molecule has 0 N–H and O–H groups in total. The highest BCUT2D eigenvalue weighted by molar-refractivity contribution is 6.75. The number of carbonyl (C=O) groups excluding carboxylic acids is 1. The molecule has 0 saturated heterocycles. The Hall–Kier alpha value is -0.180. The second-order valence-electron chi connectivity index (χ2n) is 4.36. The van der Waals surface area contributed by atoms with Gasteiger partial charge in [0.25, 0.3) is 3.79 Å². The largest absolute Gasteiger partial charge is 0.457 e. The Morgan fingerprint density at radius 1 is 1.35 bits per heavy atom. The standard InChI is InChI=1S/C12H17Cl3O2/c1-5-9(2)7-6-8-11(3,4)17-10(16)12(13,14)15/h5H,1-2,6-8H2,3-4H3. The van der Waals surface area contributed by atoms with Crippen LogP contribution in [-0.2, 0) is 9.53 Å². The summed E-state index contributed by atoms with van der Waals surface area (Å²) >= 11 is 16.3. The molecule has 0 aliphatic heterocycles. The van der Waals surface area contributed by atoms with Crippen molar-refractivity contribution in [2.75, 3.05) is 0 Å². The van der Waals surface area contributed by atoms with Gasteiger partial charge in [-0.2, -0.15) is 0 Å². The Kier molecular flexibility index (Phi) is 6.60. The van der Waals surface area contributed by atoms with E-state index in [0.29, 0.717) is 6.42 Å². The monoisotopic (exact) mass is 298 g/mol. The van der Waals surface area contributed by atoms with Crippen molar-refractivity contribution in [3.8, 4) is 0 Å². The summed E-state index contributed by atoms with van der Waals surface area (Å²) in [5, 5.41) is 0. The molecule has 0 spiro atoms. The van der Waals surface area contributed by atoms with Crippen molar-refractivity contribution in [3.63, 3.8) is 0 Å². The minimum Gasteiger partial charge on any atom is -0.457 e. The van der Waals surface area contributed by atoms with Crippen LogP contribution in [0.25, 0.3) is 0 Å². The van der Waals surface area contributed by atoms with E-state index >= 15 is 0 Å². The molecule has 0 heterocycles. The summed E-state index contributed by atoms with van der Waals surface area (Å²) in [6.45, 7) is 11.0. The maximum absolute atomic E-state index is 11.4. The molecule has 98 valence electrons. The van der Waals surface area contributed by atoms with Gasteiger partial charge in [-0.05, 0) is 33.1 Å². The Balaban J connectivity index is 4.16. The zero-order valence-electron chi connectivity index (χ0n) is 10.1. The number of hydrogen-bond donors (Lipinski definition) is 0. The fourth-order valence-electron chi connectivity index (χ4n) is 1.20. The number of carbonyl (C=O) groups is 1. The fourth-order valence-corrected chi connectivity index (χ4v) is 1.32. The molecular formula is C12H17Cl3O2. The summed E-state index contributed by atoms with van der Waals surface area (Å²) in [6, 6.07) is 0. The number of halogens is 3. The van der Waals surface area contributed by atoms with Gasteiger partial charge < -0.3 is 4.74 Å². The van der Waals surface area contributed by atoms with Gasteiger partial charge in [-0.25, -0.2) is 4.79 Å². The van der Waals surface area contributed by atoms with Gasteiger partial charge in [0.15, 0.2) is 0 Å². The van der Waals surface area contributed by atoms with Crippen molar-refractivity contribution < 1.29 is 9.53 Å². The molecule has 5 heteroatoms. The molecule has 0 aromatic heterocycles. The van der Waals surface area contributed by atoms with E-state index in [2.05, 4.69) is 13.2 Å². The molecule has 0 aromatic carbocycles. The van der Waals surface area contributed by atoms with Gasteiger partial charge in [-0.15, -0.1) is 0 Å². The zero-order chi connectivity index (χ0) is 13.7. The fraction of sp³-hybridized carbons (Fsp3) is 0.583. The number of alkyl halides is 3. The van der Waals surface area contributed by atoms with Gasteiger partial charge in [-0.1, -0.05) is 59.6 Å². The van der Waals surface area contributed by atoms with E-state index in [9.17, 15) is 4.79 Å². The Bertz CT molecular complexity index is 303. The lowest BCUT2D eigenvalue weighted by Gasteiger charge is -2.26. The third-order valence-electron chi connectivity index (χ3n) is 2.17. The first-order chi connectivity index (χ1) is 7.58. The first-order valence-corrected chi connectivity index (χ1v) is 6.32. The third-order valence-corrected chi connectivity index (χ3v) is 2.63. The van der Waals surface area contributed by atoms with Crippen LogP contribution in [0.15, 0.2) is 24.8 Å². The molecule has 0 unspecified atom stereocenters. The number of allylic oxidation sites excluding steroid dienone is 2. The highest BCUT2D eigenvalue weighted by atomic mass is 35.6. The Morgan fingerprint density at radius 2 is 1.88 bits per heavy atom. The number of rotatable bonds is 6. The Labute approximate surface area is 118 Å². The highest BCUT2D eigenvalue weighted by Gasteiger charge is 2.36.